The van der Waals surface area contributed by atoms with Crippen molar-refractivity contribution in [2.24, 2.45) is 0 Å². The van der Waals surface area contributed by atoms with Gasteiger partial charge in [-0.05, 0) is 29.8 Å². The number of H-pyrrole nitrogens is 1. The van der Waals surface area contributed by atoms with Crippen LogP contribution < -0.4 is 9.47 Å². The maximum absolute atomic E-state index is 6.11. The summed E-state index contributed by atoms with van der Waals surface area (Å²) >= 11 is 3.50. The van der Waals surface area contributed by atoms with E-state index in [1.54, 1.807) is 20.5 Å². The molecule has 4 nitrogen and oxygen atoms in total. The molecule has 0 amide bonds. The van der Waals surface area contributed by atoms with Crippen LogP contribution in [0, 0.1) is 0 Å². The fraction of sp³-hybridized carbons (Fsp3) is 0.0833. The van der Waals surface area contributed by atoms with Crippen LogP contribution >= 0.6 is 15.9 Å². The highest BCUT2D eigenvalue weighted by Crippen LogP contribution is 2.47. The summed E-state index contributed by atoms with van der Waals surface area (Å²) in [4.78, 5) is 3.49. The summed E-state index contributed by atoms with van der Waals surface area (Å²) in [6.45, 7) is 0. The lowest BCUT2D eigenvalue weighted by atomic mass is 10.00. The van der Waals surface area contributed by atoms with Gasteiger partial charge in [-0.3, -0.25) is 0 Å². The lowest BCUT2D eigenvalue weighted by Gasteiger charge is -2.12. The normalized spacial score (nSPS) is 11.3. The van der Waals surface area contributed by atoms with E-state index in [4.69, 9.17) is 13.9 Å². The average Bonchev–Trinajstić information content (AvgIpc) is 3.37. The topological polar surface area (TPSA) is 47.4 Å². The van der Waals surface area contributed by atoms with E-state index < -0.39 is 0 Å². The van der Waals surface area contributed by atoms with Crippen molar-refractivity contribution < 1.29 is 13.9 Å². The zero-order valence-electron chi connectivity index (χ0n) is 16.0. The van der Waals surface area contributed by atoms with Crippen molar-refractivity contribution in [1.82, 2.24) is 4.98 Å². The van der Waals surface area contributed by atoms with Crippen molar-refractivity contribution in [1.29, 1.82) is 0 Å². The van der Waals surface area contributed by atoms with Gasteiger partial charge in [-0.25, -0.2) is 0 Å². The molecule has 0 spiro atoms. The van der Waals surface area contributed by atoms with Crippen molar-refractivity contribution in [3.05, 3.63) is 71.4 Å². The molecule has 29 heavy (non-hydrogen) atoms. The molecule has 5 heteroatoms. The monoisotopic (exact) mass is 447 g/mol. The van der Waals surface area contributed by atoms with Crippen LogP contribution in [0.4, 0.5) is 0 Å². The van der Waals surface area contributed by atoms with Gasteiger partial charge >= 0.3 is 0 Å². The Bertz CT molecular complexity index is 1300. The molecular weight excluding hydrogens is 430 g/mol. The van der Waals surface area contributed by atoms with Crippen molar-refractivity contribution in [2.45, 2.75) is 0 Å². The maximum Gasteiger partial charge on any atom is 0.151 e. The molecule has 0 radical (unpaired) electrons. The first kappa shape index (κ1) is 17.9. The molecule has 2 heterocycles. The molecule has 2 aromatic heterocycles. The average molecular weight is 448 g/mol. The van der Waals surface area contributed by atoms with Gasteiger partial charge in [0.15, 0.2) is 5.58 Å². The van der Waals surface area contributed by atoms with E-state index in [0.717, 1.165) is 48.7 Å². The number of aromatic amines is 1. The van der Waals surface area contributed by atoms with Gasteiger partial charge in [0.2, 0.25) is 0 Å². The first-order valence-electron chi connectivity index (χ1n) is 9.20. The molecule has 0 atom stereocenters. The molecule has 0 aliphatic heterocycles. The number of methoxy groups -OCH3 is 2. The summed E-state index contributed by atoms with van der Waals surface area (Å²) in [7, 11) is 3.32. The maximum atomic E-state index is 6.11. The van der Waals surface area contributed by atoms with Crippen LogP contribution in [0.1, 0.15) is 0 Å². The van der Waals surface area contributed by atoms with Crippen LogP contribution in [0.3, 0.4) is 0 Å². The molecule has 5 rings (SSSR count). The Hall–Kier alpha value is -3.18. The predicted octanol–water partition coefficient (Wildman–Crippen LogP) is 7.03. The largest absolute Gasteiger partial charge is 0.496 e. The van der Waals surface area contributed by atoms with E-state index in [0.29, 0.717) is 11.5 Å². The second-order valence-electron chi connectivity index (χ2n) is 6.79. The number of nitrogens with one attached hydrogen (secondary N) is 1. The van der Waals surface area contributed by atoms with Crippen molar-refractivity contribution in [3.63, 3.8) is 0 Å². The third-order valence-corrected chi connectivity index (χ3v) is 5.70. The molecule has 0 aliphatic rings. The highest BCUT2D eigenvalue weighted by Gasteiger charge is 2.23. The zero-order valence-corrected chi connectivity index (χ0v) is 17.5. The lowest BCUT2D eigenvalue weighted by molar-refractivity contribution is 0.398. The van der Waals surface area contributed by atoms with Crippen LogP contribution in [0.15, 0.2) is 75.8 Å². The third kappa shape index (κ3) is 2.89. The predicted molar refractivity (Wildman–Crippen MR) is 120 cm³/mol. The van der Waals surface area contributed by atoms with Crippen molar-refractivity contribution >= 4 is 37.8 Å². The van der Waals surface area contributed by atoms with E-state index in [2.05, 4.69) is 51.2 Å². The van der Waals surface area contributed by atoms with Gasteiger partial charge in [-0.1, -0.05) is 46.3 Å². The molecule has 5 aromatic rings. The Morgan fingerprint density at radius 1 is 0.897 bits per heavy atom. The second kappa shape index (κ2) is 7.01. The van der Waals surface area contributed by atoms with Gasteiger partial charge < -0.3 is 18.9 Å². The molecule has 144 valence electrons. The van der Waals surface area contributed by atoms with Crippen LogP contribution in [0.2, 0.25) is 0 Å². The van der Waals surface area contributed by atoms with Crippen LogP contribution in [0.5, 0.6) is 11.5 Å². The number of hydrogen-bond acceptors (Lipinski definition) is 3. The molecular formula is C24H18BrNO3. The number of hydrogen-bond donors (Lipinski definition) is 1. The lowest BCUT2D eigenvalue weighted by Crippen LogP contribution is -1.93. The Labute approximate surface area is 176 Å². The summed E-state index contributed by atoms with van der Waals surface area (Å²) in [5.41, 5.74) is 5.64. The fourth-order valence-corrected chi connectivity index (χ4v) is 4.05. The summed E-state index contributed by atoms with van der Waals surface area (Å²) in [5, 5.41) is 2.05. The number of benzene rings is 3. The van der Waals surface area contributed by atoms with E-state index in [9.17, 15) is 0 Å². The number of para-hydroxylation sites is 1. The van der Waals surface area contributed by atoms with Crippen molar-refractivity contribution in [3.8, 4) is 33.9 Å². The highest BCUT2D eigenvalue weighted by atomic mass is 79.9. The summed E-state index contributed by atoms with van der Waals surface area (Å²) in [6, 6.07) is 20.4. The Kier molecular flexibility index (Phi) is 4.32. The van der Waals surface area contributed by atoms with Crippen LogP contribution in [-0.2, 0) is 0 Å². The van der Waals surface area contributed by atoms with Crippen LogP contribution in [-0.4, -0.2) is 19.2 Å². The second-order valence-corrected chi connectivity index (χ2v) is 7.70. The van der Waals surface area contributed by atoms with Gasteiger partial charge in [0.1, 0.15) is 11.5 Å². The van der Waals surface area contributed by atoms with Gasteiger partial charge in [0.25, 0.3) is 0 Å². The minimum absolute atomic E-state index is 0.692. The first-order chi connectivity index (χ1) is 14.2. The minimum Gasteiger partial charge on any atom is -0.496 e. The third-order valence-electron chi connectivity index (χ3n) is 5.17. The Balaban J connectivity index is 1.82. The van der Waals surface area contributed by atoms with Crippen molar-refractivity contribution in [2.75, 3.05) is 14.2 Å². The smallest absolute Gasteiger partial charge is 0.151 e. The van der Waals surface area contributed by atoms with Gasteiger partial charge in [0.05, 0.1) is 37.1 Å². The number of aromatic nitrogens is 1. The molecule has 1 N–H and O–H groups in total. The number of furan rings is 1. The Morgan fingerprint density at radius 3 is 2.38 bits per heavy atom. The van der Waals surface area contributed by atoms with Crippen LogP contribution in [0.25, 0.3) is 44.3 Å². The van der Waals surface area contributed by atoms with Gasteiger partial charge in [0, 0.05) is 27.0 Å². The molecule has 0 saturated heterocycles. The number of ether oxygens (including phenoxy) is 2. The van der Waals surface area contributed by atoms with E-state index in [1.165, 1.54) is 0 Å². The SMILES string of the molecule is COc1cc(OC)c2c(-c3ccc(Br)cc3)coc2c1-c1cc2ccccc2[nH]1. The van der Waals surface area contributed by atoms with Gasteiger partial charge in [-0.15, -0.1) is 0 Å². The summed E-state index contributed by atoms with van der Waals surface area (Å²) in [6.07, 6.45) is 1.78. The quantitative estimate of drug-likeness (QED) is 0.321. The fourth-order valence-electron chi connectivity index (χ4n) is 3.79. The number of rotatable bonds is 4. The van der Waals surface area contributed by atoms with E-state index >= 15 is 0 Å². The number of fused-ring (bicyclic) bond motifs is 2. The first-order valence-corrected chi connectivity index (χ1v) is 9.99. The minimum atomic E-state index is 0.692. The van der Waals surface area contributed by atoms with Gasteiger partial charge in [-0.2, -0.15) is 0 Å². The highest BCUT2D eigenvalue weighted by molar-refractivity contribution is 9.10. The standard InChI is InChI=1S/C24H18BrNO3/c1-27-20-12-21(28-2)23(19-11-15-5-3-4-6-18(15)26-19)24-22(20)17(13-29-24)14-7-9-16(25)10-8-14/h3-13,26H,1-2H3. The van der Waals surface area contributed by atoms with E-state index in [-0.39, 0.29) is 0 Å². The molecule has 3 aromatic carbocycles. The summed E-state index contributed by atoms with van der Waals surface area (Å²) < 4.78 is 18.6. The Morgan fingerprint density at radius 2 is 1.66 bits per heavy atom. The molecule has 0 bridgehead atoms. The summed E-state index contributed by atoms with van der Waals surface area (Å²) in [5.74, 6) is 1.40. The van der Waals surface area contributed by atoms with E-state index in [1.807, 2.05) is 30.3 Å². The number of halogens is 1. The zero-order chi connectivity index (χ0) is 20.0. The molecule has 0 unspecified atom stereocenters. The molecule has 0 fully saturated rings. The molecule has 0 saturated carbocycles. The molecule has 0 aliphatic carbocycles.